The van der Waals surface area contributed by atoms with Crippen LogP contribution in [0.25, 0.3) is 22.2 Å². The quantitative estimate of drug-likeness (QED) is 0.0439. The fraction of sp³-hybridized carbons (Fsp3) is 0.308. The zero-order valence-corrected chi connectivity index (χ0v) is 33.0. The minimum Gasteiger partial charge on any atom is -0.497 e. The van der Waals surface area contributed by atoms with Crippen LogP contribution in [-0.4, -0.2) is 68.8 Å². The summed E-state index contributed by atoms with van der Waals surface area (Å²) in [7, 11) is 1.02. The number of hydrogen-bond acceptors (Lipinski definition) is 9. The number of esters is 1. The largest absolute Gasteiger partial charge is 0.497 e. The maximum Gasteiger partial charge on any atom is 0.416 e. The van der Waals surface area contributed by atoms with Gasteiger partial charge in [0.2, 0.25) is 10.0 Å². The number of anilines is 1. The summed E-state index contributed by atoms with van der Waals surface area (Å²) >= 11 is 2.36. The number of fused-ring (bicyclic) bond motifs is 1. The molecule has 0 bridgehead atoms. The van der Waals surface area contributed by atoms with Gasteiger partial charge in [-0.05, 0) is 102 Å². The molecule has 0 atom stereocenters. The molecule has 0 aliphatic rings. The minimum atomic E-state index is -3.76. The Hall–Kier alpha value is -4.51. The number of aromatic nitrogens is 2. The number of rotatable bonds is 18. The Balaban J connectivity index is 1.39. The Morgan fingerprint density at radius 3 is 2.40 bits per heavy atom. The van der Waals surface area contributed by atoms with Crippen molar-refractivity contribution in [1.82, 2.24) is 19.6 Å². The van der Waals surface area contributed by atoms with Crippen molar-refractivity contribution in [2.75, 3.05) is 43.6 Å². The Bertz CT molecular complexity index is 2110. The molecule has 53 heavy (non-hydrogen) atoms. The first-order chi connectivity index (χ1) is 25.7. The molecule has 14 heteroatoms. The Kier molecular flexibility index (Phi) is 14.2. The van der Waals surface area contributed by atoms with Crippen LogP contribution >= 0.6 is 22.6 Å². The van der Waals surface area contributed by atoms with E-state index < -0.39 is 22.1 Å². The molecule has 3 aromatic carbocycles. The summed E-state index contributed by atoms with van der Waals surface area (Å²) in [6.45, 7) is -0.0287. The third-order valence-electron chi connectivity index (χ3n) is 8.67. The molecule has 0 fully saturated rings. The zero-order valence-electron chi connectivity index (χ0n) is 30.0. The normalized spacial score (nSPS) is 11.4. The molecule has 0 spiro atoms. The van der Waals surface area contributed by atoms with E-state index >= 15 is 0 Å². The van der Waals surface area contributed by atoms with E-state index in [1.54, 1.807) is 51.7 Å². The monoisotopic (exact) mass is 853 g/mol. The standard InChI is InChI=1S/C39H44IN5O7S/c1-41-25-36(46)51-26-30-10-8-23-42-38(30)44(2)39(47)52-27-45-35-12-5-4-11-33(35)34(37(45)29-15-17-31(50-3)18-16-29)21-24-43-53(48,49)32-19-13-28(14-20-32)9-6-7-22-40/h4-5,8,10-20,23,41,43H,6-7,9,21-22,24-27H2,1-3H3. The van der Waals surface area contributed by atoms with Gasteiger partial charge in [-0.25, -0.2) is 22.9 Å². The van der Waals surface area contributed by atoms with E-state index in [2.05, 4.69) is 37.6 Å². The van der Waals surface area contributed by atoms with Gasteiger partial charge in [0, 0.05) is 30.7 Å². The number of nitrogens with one attached hydrogen (secondary N) is 2. The van der Waals surface area contributed by atoms with E-state index in [0.717, 1.165) is 57.0 Å². The van der Waals surface area contributed by atoms with Gasteiger partial charge in [0.05, 0.1) is 29.8 Å². The molecule has 280 valence electrons. The number of amides is 1. The van der Waals surface area contributed by atoms with Gasteiger partial charge in [-0.2, -0.15) is 0 Å². The topological polar surface area (TPSA) is 141 Å². The number of para-hydroxylation sites is 1. The SMILES string of the molecule is CNCC(=O)OCc1cccnc1N(C)C(=O)OCn1c(-c2ccc(OC)cc2)c(CCNS(=O)(=O)c2ccc(CCCCI)cc2)c2ccccc21. The number of alkyl halides is 1. The summed E-state index contributed by atoms with van der Waals surface area (Å²) in [5.74, 6) is 0.534. The average Bonchev–Trinajstić information content (AvgIpc) is 3.49. The summed E-state index contributed by atoms with van der Waals surface area (Å²) in [6.07, 6.45) is 4.34. The predicted octanol–water partition coefficient (Wildman–Crippen LogP) is 6.48. The van der Waals surface area contributed by atoms with Gasteiger partial charge in [-0.3, -0.25) is 9.69 Å². The molecule has 2 heterocycles. The number of nitrogens with zero attached hydrogens (tertiary/aromatic N) is 3. The Labute approximate surface area is 324 Å². The maximum atomic E-state index is 13.5. The highest BCUT2D eigenvalue weighted by molar-refractivity contribution is 14.1. The lowest BCUT2D eigenvalue weighted by Gasteiger charge is -2.20. The molecule has 0 aliphatic carbocycles. The summed E-state index contributed by atoms with van der Waals surface area (Å²) < 4.78 is 49.1. The molecule has 0 radical (unpaired) electrons. The van der Waals surface area contributed by atoms with Crippen molar-refractivity contribution >= 4 is 61.4 Å². The fourth-order valence-corrected chi connectivity index (χ4v) is 7.57. The summed E-state index contributed by atoms with van der Waals surface area (Å²) in [6, 6.07) is 25.8. The van der Waals surface area contributed by atoms with E-state index in [4.69, 9.17) is 14.2 Å². The number of halogens is 1. The zero-order chi connectivity index (χ0) is 37.8. The third kappa shape index (κ3) is 10.1. The van der Waals surface area contributed by atoms with Crippen LogP contribution in [-0.2, 0) is 50.5 Å². The number of pyridine rings is 1. The van der Waals surface area contributed by atoms with Crippen LogP contribution < -0.4 is 19.7 Å². The lowest BCUT2D eigenvalue weighted by Crippen LogP contribution is -2.30. The Morgan fingerprint density at radius 2 is 1.68 bits per heavy atom. The Morgan fingerprint density at radius 1 is 0.925 bits per heavy atom. The second-order valence-electron chi connectivity index (χ2n) is 12.2. The third-order valence-corrected chi connectivity index (χ3v) is 10.9. The van der Waals surface area contributed by atoms with Crippen molar-refractivity contribution < 1.29 is 32.2 Å². The lowest BCUT2D eigenvalue weighted by molar-refractivity contribution is -0.143. The highest BCUT2D eigenvalue weighted by Gasteiger charge is 2.23. The average molecular weight is 854 g/mol. The molecular weight excluding hydrogens is 809 g/mol. The number of likely N-dealkylation sites (N-methyl/N-ethyl adjacent to an activating group) is 1. The summed E-state index contributed by atoms with van der Waals surface area (Å²) in [5, 5.41) is 3.64. The van der Waals surface area contributed by atoms with Crippen LogP contribution in [0, 0.1) is 0 Å². The van der Waals surface area contributed by atoms with E-state index in [1.807, 2.05) is 65.2 Å². The van der Waals surface area contributed by atoms with Gasteiger partial charge in [0.15, 0.2) is 6.73 Å². The number of carbonyl (C=O) groups excluding carboxylic acids is 2. The van der Waals surface area contributed by atoms with E-state index in [0.29, 0.717) is 23.6 Å². The highest BCUT2D eigenvalue weighted by atomic mass is 127. The summed E-state index contributed by atoms with van der Waals surface area (Å²) in [5.41, 5.74) is 4.95. The second-order valence-corrected chi connectivity index (χ2v) is 15.1. The highest BCUT2D eigenvalue weighted by Crippen LogP contribution is 2.35. The number of hydrogen-bond donors (Lipinski definition) is 2. The maximum absolute atomic E-state index is 13.5. The van der Waals surface area contributed by atoms with Crippen LogP contribution in [0.15, 0.2) is 96.0 Å². The van der Waals surface area contributed by atoms with Gasteiger partial charge in [0.1, 0.15) is 18.2 Å². The van der Waals surface area contributed by atoms with Crippen molar-refractivity contribution in [3.8, 4) is 17.0 Å². The number of unbranched alkanes of at least 4 members (excludes halogenated alkanes) is 1. The molecule has 2 aromatic heterocycles. The first kappa shape index (κ1) is 39.7. The van der Waals surface area contributed by atoms with Gasteiger partial charge >= 0.3 is 12.1 Å². The number of aryl methyl sites for hydroxylation is 1. The predicted molar refractivity (Wildman–Crippen MR) is 214 cm³/mol. The van der Waals surface area contributed by atoms with Gasteiger partial charge in [-0.1, -0.05) is 59.0 Å². The van der Waals surface area contributed by atoms with Crippen molar-refractivity contribution in [2.45, 2.75) is 43.9 Å². The summed E-state index contributed by atoms with van der Waals surface area (Å²) in [4.78, 5) is 31.3. The van der Waals surface area contributed by atoms with Crippen molar-refractivity contribution in [2.24, 2.45) is 0 Å². The van der Waals surface area contributed by atoms with Crippen LogP contribution in [0.5, 0.6) is 5.75 Å². The van der Waals surface area contributed by atoms with Crippen LogP contribution in [0.2, 0.25) is 0 Å². The van der Waals surface area contributed by atoms with E-state index in [1.165, 1.54) is 4.90 Å². The lowest BCUT2D eigenvalue weighted by atomic mass is 10.0. The van der Waals surface area contributed by atoms with Crippen molar-refractivity contribution in [3.63, 3.8) is 0 Å². The molecule has 5 rings (SSSR count). The van der Waals surface area contributed by atoms with Gasteiger partial charge < -0.3 is 24.1 Å². The first-order valence-electron chi connectivity index (χ1n) is 17.2. The van der Waals surface area contributed by atoms with Gasteiger partial charge in [-0.15, -0.1) is 0 Å². The van der Waals surface area contributed by atoms with Crippen LogP contribution in [0.4, 0.5) is 10.6 Å². The second kappa shape index (κ2) is 19.0. The molecule has 0 saturated heterocycles. The number of ether oxygens (including phenoxy) is 3. The fourth-order valence-electron chi connectivity index (χ4n) is 6.00. The van der Waals surface area contributed by atoms with Crippen molar-refractivity contribution in [3.05, 3.63) is 108 Å². The van der Waals surface area contributed by atoms with Gasteiger partial charge in [0.25, 0.3) is 0 Å². The van der Waals surface area contributed by atoms with Crippen molar-refractivity contribution in [1.29, 1.82) is 0 Å². The van der Waals surface area contributed by atoms with E-state index in [-0.39, 0.29) is 31.3 Å². The molecular formula is C39H44IN5O7S. The molecule has 5 aromatic rings. The van der Waals surface area contributed by atoms with Crippen LogP contribution in [0.1, 0.15) is 29.5 Å². The molecule has 12 nitrogen and oxygen atoms in total. The first-order valence-corrected chi connectivity index (χ1v) is 20.2. The molecule has 0 unspecified atom stereocenters. The molecule has 0 aliphatic heterocycles. The number of sulfonamides is 1. The molecule has 1 amide bonds. The van der Waals surface area contributed by atoms with Crippen LogP contribution in [0.3, 0.4) is 0 Å². The molecule has 0 saturated carbocycles. The smallest absolute Gasteiger partial charge is 0.416 e. The van der Waals surface area contributed by atoms with E-state index in [9.17, 15) is 18.0 Å². The number of carbonyl (C=O) groups is 2. The minimum absolute atomic E-state index is 0.0511. The molecule has 2 N–H and O–H groups in total. The number of benzene rings is 3. The number of methoxy groups -OCH3 is 1.